The van der Waals surface area contributed by atoms with Crippen molar-refractivity contribution >= 4 is 39.1 Å². The van der Waals surface area contributed by atoms with E-state index >= 15 is 0 Å². The lowest BCUT2D eigenvalue weighted by molar-refractivity contribution is 0.100. The summed E-state index contributed by atoms with van der Waals surface area (Å²) in [5.74, 6) is 0.385. The van der Waals surface area contributed by atoms with E-state index in [1.165, 1.54) is 6.20 Å². The molecule has 0 spiro atoms. The van der Waals surface area contributed by atoms with Gasteiger partial charge in [-0.05, 0) is 56.9 Å². The predicted molar refractivity (Wildman–Crippen MR) is 125 cm³/mol. The van der Waals surface area contributed by atoms with Crippen molar-refractivity contribution in [2.75, 3.05) is 34.4 Å². The Hall–Kier alpha value is -2.92. The molecule has 2 aliphatic rings. The van der Waals surface area contributed by atoms with E-state index in [1.54, 1.807) is 6.92 Å². The van der Waals surface area contributed by atoms with E-state index in [4.69, 9.17) is 5.73 Å². The number of aromatic nitrogens is 2. The lowest BCUT2D eigenvalue weighted by atomic mass is 10.1. The molecular weight excluding hydrogens is 430 g/mol. The number of hydrogen-bond acceptors (Lipinski definition) is 8. The normalized spacial score (nSPS) is 17.2. The monoisotopic (exact) mass is 459 g/mol. The molecule has 1 aromatic carbocycles. The van der Waals surface area contributed by atoms with Gasteiger partial charge in [0.1, 0.15) is 5.82 Å². The van der Waals surface area contributed by atoms with Gasteiger partial charge in [0.2, 0.25) is 16.0 Å². The number of rotatable bonds is 9. The second-order valence-corrected chi connectivity index (χ2v) is 10.2. The van der Waals surface area contributed by atoms with E-state index in [0.717, 1.165) is 50.1 Å². The van der Waals surface area contributed by atoms with Gasteiger partial charge < -0.3 is 21.3 Å². The Morgan fingerprint density at radius 3 is 2.41 bits per heavy atom. The fourth-order valence-corrected chi connectivity index (χ4v) is 4.54. The van der Waals surface area contributed by atoms with Crippen LogP contribution in [-0.2, 0) is 10.0 Å². The van der Waals surface area contributed by atoms with Crippen molar-refractivity contribution in [3.05, 3.63) is 36.0 Å². The number of nitrogens with two attached hydrogens (primary N) is 1. The van der Waals surface area contributed by atoms with Crippen LogP contribution >= 0.6 is 0 Å². The molecule has 0 radical (unpaired) electrons. The lowest BCUT2D eigenvalue weighted by Crippen LogP contribution is -2.45. The number of amides is 1. The summed E-state index contributed by atoms with van der Waals surface area (Å²) in [6.45, 7) is 3.23. The van der Waals surface area contributed by atoms with Crippen LogP contribution in [0.5, 0.6) is 0 Å². The molecule has 2 fully saturated rings. The number of carbonyl (C=O) groups excluding carboxylic acids is 1. The van der Waals surface area contributed by atoms with Crippen LogP contribution in [0.25, 0.3) is 0 Å². The SMILES string of the molecule is CCS(=O)(=O)NC1CCN(c2ccc(Nc3ncc(C(N)=O)c(NC4CC4)n3)cc2)CC1. The molecule has 0 atom stereocenters. The third-order valence-electron chi connectivity index (χ3n) is 5.68. The summed E-state index contributed by atoms with van der Waals surface area (Å²) in [7, 11) is -3.17. The van der Waals surface area contributed by atoms with Crippen LogP contribution in [0.4, 0.5) is 23.1 Å². The first-order valence-electron chi connectivity index (χ1n) is 10.9. The van der Waals surface area contributed by atoms with Crippen molar-refractivity contribution in [1.29, 1.82) is 0 Å². The molecule has 1 aliphatic carbocycles. The molecule has 1 saturated carbocycles. The maximum Gasteiger partial charge on any atom is 0.254 e. The highest BCUT2D eigenvalue weighted by atomic mass is 32.2. The fraction of sp³-hybridized carbons (Fsp3) is 0.476. The molecule has 1 saturated heterocycles. The molecule has 1 amide bonds. The van der Waals surface area contributed by atoms with Crippen LogP contribution in [0.15, 0.2) is 30.5 Å². The van der Waals surface area contributed by atoms with Gasteiger partial charge in [-0.3, -0.25) is 4.79 Å². The Kier molecular flexibility index (Phi) is 6.47. The predicted octanol–water partition coefficient (Wildman–Crippen LogP) is 1.80. The number of anilines is 4. The fourth-order valence-electron chi connectivity index (χ4n) is 3.63. The smallest absolute Gasteiger partial charge is 0.254 e. The van der Waals surface area contributed by atoms with Crippen molar-refractivity contribution < 1.29 is 13.2 Å². The molecule has 1 aromatic heterocycles. The topological polar surface area (TPSA) is 142 Å². The van der Waals surface area contributed by atoms with Gasteiger partial charge in [0.15, 0.2) is 0 Å². The zero-order valence-corrected chi connectivity index (χ0v) is 18.9. The summed E-state index contributed by atoms with van der Waals surface area (Å²) < 4.78 is 26.3. The van der Waals surface area contributed by atoms with Gasteiger partial charge in [-0.15, -0.1) is 0 Å². The lowest BCUT2D eigenvalue weighted by Gasteiger charge is -2.33. The summed E-state index contributed by atoms with van der Waals surface area (Å²) in [4.78, 5) is 22.5. The van der Waals surface area contributed by atoms with Crippen molar-refractivity contribution in [3.8, 4) is 0 Å². The minimum Gasteiger partial charge on any atom is -0.371 e. The van der Waals surface area contributed by atoms with Crippen molar-refractivity contribution in [1.82, 2.24) is 14.7 Å². The van der Waals surface area contributed by atoms with Crippen molar-refractivity contribution in [3.63, 3.8) is 0 Å². The number of hydrogen-bond donors (Lipinski definition) is 4. The quantitative estimate of drug-likeness (QED) is 0.445. The number of benzene rings is 1. The molecule has 5 N–H and O–H groups in total. The minimum atomic E-state index is -3.17. The van der Waals surface area contributed by atoms with Gasteiger partial charge in [-0.2, -0.15) is 4.98 Å². The Balaban J connectivity index is 1.37. The van der Waals surface area contributed by atoms with Gasteiger partial charge in [0, 0.05) is 42.7 Å². The zero-order valence-electron chi connectivity index (χ0n) is 18.0. The first-order valence-corrected chi connectivity index (χ1v) is 12.5. The van der Waals surface area contributed by atoms with E-state index < -0.39 is 15.9 Å². The van der Waals surface area contributed by atoms with E-state index in [1.807, 2.05) is 24.3 Å². The third-order valence-corrected chi connectivity index (χ3v) is 7.13. The molecule has 2 heterocycles. The number of carbonyl (C=O) groups is 1. The molecule has 10 nitrogen and oxygen atoms in total. The highest BCUT2D eigenvalue weighted by molar-refractivity contribution is 7.89. The first kappa shape index (κ1) is 22.3. The number of nitrogens with zero attached hydrogens (tertiary/aromatic N) is 3. The number of nitrogens with one attached hydrogen (secondary N) is 3. The molecule has 4 rings (SSSR count). The summed E-state index contributed by atoms with van der Waals surface area (Å²) in [6, 6.07) is 8.24. The van der Waals surface area contributed by atoms with Crippen molar-refractivity contribution in [2.45, 2.75) is 44.7 Å². The van der Waals surface area contributed by atoms with Crippen molar-refractivity contribution in [2.24, 2.45) is 5.73 Å². The number of piperidine rings is 1. The Morgan fingerprint density at radius 2 is 1.81 bits per heavy atom. The third kappa shape index (κ3) is 5.65. The average Bonchev–Trinajstić information content (AvgIpc) is 3.59. The highest BCUT2D eigenvalue weighted by Gasteiger charge is 2.25. The van der Waals surface area contributed by atoms with Crippen LogP contribution < -0.4 is 26.0 Å². The first-order chi connectivity index (χ1) is 15.3. The van der Waals surface area contributed by atoms with Crippen LogP contribution in [0.3, 0.4) is 0 Å². The van der Waals surface area contributed by atoms with Crippen LogP contribution in [0.2, 0.25) is 0 Å². The molecular formula is C21H29N7O3S. The zero-order chi connectivity index (χ0) is 22.7. The molecule has 172 valence electrons. The number of primary amides is 1. The molecule has 1 aliphatic heterocycles. The second-order valence-electron chi connectivity index (χ2n) is 8.19. The summed E-state index contributed by atoms with van der Waals surface area (Å²) in [5.41, 5.74) is 7.61. The van der Waals surface area contributed by atoms with E-state index in [9.17, 15) is 13.2 Å². The van der Waals surface area contributed by atoms with Gasteiger partial charge in [0.05, 0.1) is 11.3 Å². The van der Waals surface area contributed by atoms with Gasteiger partial charge >= 0.3 is 0 Å². The Labute approximate surface area is 188 Å². The van der Waals surface area contributed by atoms with Crippen LogP contribution in [0, 0.1) is 0 Å². The van der Waals surface area contributed by atoms with Gasteiger partial charge in [-0.1, -0.05) is 0 Å². The standard InChI is InChI=1S/C21H29N7O3S/c1-2-32(30,31)27-16-9-11-28(12-10-16)17-7-5-15(6-8-17)25-21-23-13-18(19(22)29)20(26-21)24-14-3-4-14/h5-8,13-14,16,27H,2-4,9-12H2,1H3,(H2,22,29)(H2,23,24,25,26). The van der Waals surface area contributed by atoms with Gasteiger partial charge in [-0.25, -0.2) is 18.1 Å². The van der Waals surface area contributed by atoms with Crippen LogP contribution in [0.1, 0.15) is 43.0 Å². The van der Waals surface area contributed by atoms with Crippen LogP contribution in [-0.4, -0.2) is 55.2 Å². The molecule has 32 heavy (non-hydrogen) atoms. The van der Waals surface area contributed by atoms with E-state index in [-0.39, 0.29) is 17.4 Å². The Morgan fingerprint density at radius 1 is 1.12 bits per heavy atom. The molecule has 0 unspecified atom stereocenters. The second kappa shape index (κ2) is 9.29. The van der Waals surface area contributed by atoms with E-state index in [0.29, 0.717) is 17.8 Å². The maximum absolute atomic E-state index is 11.8. The maximum atomic E-state index is 11.8. The largest absolute Gasteiger partial charge is 0.371 e. The molecule has 2 aromatic rings. The number of sulfonamides is 1. The Bertz CT molecular complexity index is 1060. The average molecular weight is 460 g/mol. The van der Waals surface area contributed by atoms with Gasteiger partial charge in [0.25, 0.3) is 5.91 Å². The molecule has 0 bridgehead atoms. The van der Waals surface area contributed by atoms with E-state index in [2.05, 4.69) is 30.2 Å². The highest BCUT2D eigenvalue weighted by Crippen LogP contribution is 2.27. The summed E-state index contributed by atoms with van der Waals surface area (Å²) in [6.07, 6.45) is 5.09. The molecule has 11 heteroatoms. The minimum absolute atomic E-state index is 0.00360. The summed E-state index contributed by atoms with van der Waals surface area (Å²) >= 11 is 0. The summed E-state index contributed by atoms with van der Waals surface area (Å²) in [5, 5.41) is 6.39.